The van der Waals surface area contributed by atoms with E-state index in [4.69, 9.17) is 4.74 Å². The van der Waals surface area contributed by atoms with Gasteiger partial charge in [-0.1, -0.05) is 48.0 Å². The van der Waals surface area contributed by atoms with Crippen molar-refractivity contribution in [1.29, 1.82) is 0 Å². The average Bonchev–Trinajstić information content (AvgIpc) is 2.49. The summed E-state index contributed by atoms with van der Waals surface area (Å²) in [6, 6.07) is 16.8. The summed E-state index contributed by atoms with van der Waals surface area (Å²) in [4.78, 5) is 0. The van der Waals surface area contributed by atoms with Gasteiger partial charge in [-0.05, 0) is 31.0 Å². The number of aliphatic hydroxyl groups is 1. The van der Waals surface area contributed by atoms with Crippen molar-refractivity contribution >= 4 is 0 Å². The molecule has 2 aromatic carbocycles. The number of rotatable bonds is 8. The minimum absolute atomic E-state index is 0.270. The maximum atomic E-state index is 9.24. The summed E-state index contributed by atoms with van der Waals surface area (Å²) in [6.07, 6.45) is 0.614. The molecular weight excluding hydrogens is 274 g/mol. The highest BCUT2D eigenvalue weighted by Gasteiger charge is 2.06. The van der Waals surface area contributed by atoms with E-state index in [0.717, 1.165) is 18.7 Å². The van der Waals surface area contributed by atoms with E-state index in [1.54, 1.807) is 6.92 Å². The van der Waals surface area contributed by atoms with Crippen molar-refractivity contribution in [1.82, 2.24) is 0 Å². The zero-order valence-electron chi connectivity index (χ0n) is 13.5. The molecule has 0 bridgehead atoms. The van der Waals surface area contributed by atoms with Gasteiger partial charge in [-0.15, -0.1) is 0 Å². The lowest BCUT2D eigenvalue weighted by atomic mass is 10.0. The minimum Gasteiger partial charge on any atom is -0.487 e. The van der Waals surface area contributed by atoms with Crippen molar-refractivity contribution < 1.29 is 15.2 Å². The van der Waals surface area contributed by atoms with Gasteiger partial charge in [0.15, 0.2) is 0 Å². The molecule has 0 spiro atoms. The number of hydrogen-bond donors (Lipinski definition) is 2. The summed E-state index contributed by atoms with van der Waals surface area (Å²) in [5.74, 6) is 0.958. The second kappa shape index (κ2) is 8.57. The van der Waals surface area contributed by atoms with Crippen molar-refractivity contribution in [3.05, 3.63) is 65.2 Å². The van der Waals surface area contributed by atoms with Gasteiger partial charge in [0, 0.05) is 6.42 Å². The third-order valence-electron chi connectivity index (χ3n) is 3.54. The van der Waals surface area contributed by atoms with Crippen molar-refractivity contribution in [2.75, 3.05) is 19.7 Å². The first-order valence-electron chi connectivity index (χ1n) is 7.91. The van der Waals surface area contributed by atoms with E-state index in [9.17, 15) is 5.11 Å². The summed E-state index contributed by atoms with van der Waals surface area (Å²) in [5.41, 5.74) is 3.76. The van der Waals surface area contributed by atoms with Crippen LogP contribution in [0, 0.1) is 6.92 Å². The SMILES string of the molecule is Cc1ccc(OCC[NH2+]C[C@H](C)O)c(Cc2ccccc2)c1. The number of aryl methyl sites for hydroxylation is 1. The van der Waals surface area contributed by atoms with Gasteiger partial charge in [0.25, 0.3) is 0 Å². The van der Waals surface area contributed by atoms with Crippen molar-refractivity contribution in [2.45, 2.75) is 26.4 Å². The Morgan fingerprint density at radius 3 is 2.64 bits per heavy atom. The van der Waals surface area contributed by atoms with Crippen LogP contribution in [0.2, 0.25) is 0 Å². The molecule has 2 aromatic rings. The molecule has 3 nitrogen and oxygen atoms in total. The summed E-state index contributed by atoms with van der Waals surface area (Å²) in [6.45, 7) is 6.12. The minimum atomic E-state index is -0.270. The zero-order chi connectivity index (χ0) is 15.8. The first-order chi connectivity index (χ1) is 10.6. The fourth-order valence-electron chi connectivity index (χ4n) is 2.41. The van der Waals surface area contributed by atoms with Crippen LogP contribution in [0.5, 0.6) is 5.75 Å². The molecule has 0 saturated heterocycles. The molecule has 0 saturated carbocycles. The van der Waals surface area contributed by atoms with E-state index >= 15 is 0 Å². The molecule has 0 amide bonds. The van der Waals surface area contributed by atoms with Crippen LogP contribution in [-0.4, -0.2) is 30.9 Å². The third-order valence-corrected chi connectivity index (χ3v) is 3.54. The number of aliphatic hydroxyl groups excluding tert-OH is 1. The number of hydrogen-bond acceptors (Lipinski definition) is 2. The van der Waals surface area contributed by atoms with Crippen LogP contribution in [-0.2, 0) is 6.42 Å². The Morgan fingerprint density at radius 1 is 1.14 bits per heavy atom. The Bertz CT molecular complexity index is 567. The maximum absolute atomic E-state index is 9.24. The van der Waals surface area contributed by atoms with E-state index in [2.05, 4.69) is 54.7 Å². The first-order valence-corrected chi connectivity index (χ1v) is 7.91. The van der Waals surface area contributed by atoms with Gasteiger partial charge < -0.3 is 15.2 Å². The van der Waals surface area contributed by atoms with Gasteiger partial charge in [0.1, 0.15) is 25.4 Å². The van der Waals surface area contributed by atoms with Crippen LogP contribution in [0.15, 0.2) is 48.5 Å². The fraction of sp³-hybridized carbons (Fsp3) is 0.368. The molecule has 1 atom stereocenters. The van der Waals surface area contributed by atoms with Gasteiger partial charge in [0.2, 0.25) is 0 Å². The smallest absolute Gasteiger partial charge is 0.137 e. The zero-order valence-corrected chi connectivity index (χ0v) is 13.5. The number of quaternary nitrogens is 1. The monoisotopic (exact) mass is 300 g/mol. The summed E-state index contributed by atoms with van der Waals surface area (Å²) < 4.78 is 5.93. The average molecular weight is 300 g/mol. The molecule has 0 aromatic heterocycles. The molecule has 0 aliphatic heterocycles. The Kier molecular flexibility index (Phi) is 6.44. The standard InChI is InChI=1S/C19H25NO2/c1-15-8-9-19(22-11-10-20-14-16(2)21)18(12-15)13-17-6-4-3-5-7-17/h3-9,12,16,20-21H,10-11,13-14H2,1-2H3/p+1/t16-/m0/s1. The topological polar surface area (TPSA) is 46.1 Å². The van der Waals surface area contributed by atoms with Crippen LogP contribution in [0.25, 0.3) is 0 Å². The van der Waals surface area contributed by atoms with Crippen molar-refractivity contribution in [3.8, 4) is 5.75 Å². The highest BCUT2D eigenvalue weighted by molar-refractivity contribution is 5.40. The van der Waals surface area contributed by atoms with E-state index in [0.29, 0.717) is 13.2 Å². The van der Waals surface area contributed by atoms with Crippen molar-refractivity contribution in [2.24, 2.45) is 0 Å². The van der Waals surface area contributed by atoms with Gasteiger partial charge in [-0.3, -0.25) is 0 Å². The predicted octanol–water partition coefficient (Wildman–Crippen LogP) is 1.91. The van der Waals surface area contributed by atoms with Gasteiger partial charge in [-0.25, -0.2) is 0 Å². The Labute approximate surface area is 133 Å². The molecule has 118 valence electrons. The molecule has 0 heterocycles. The van der Waals surface area contributed by atoms with Gasteiger partial charge in [0.05, 0.1) is 6.10 Å². The molecule has 3 N–H and O–H groups in total. The second-order valence-corrected chi connectivity index (χ2v) is 5.78. The predicted molar refractivity (Wildman–Crippen MR) is 89.3 cm³/mol. The summed E-state index contributed by atoms with van der Waals surface area (Å²) in [5, 5.41) is 11.3. The Morgan fingerprint density at radius 2 is 1.91 bits per heavy atom. The van der Waals surface area contributed by atoms with E-state index in [1.807, 2.05) is 6.07 Å². The molecule has 3 heteroatoms. The second-order valence-electron chi connectivity index (χ2n) is 5.78. The van der Waals surface area contributed by atoms with Gasteiger partial charge in [-0.2, -0.15) is 0 Å². The van der Waals surface area contributed by atoms with Crippen LogP contribution in [0.1, 0.15) is 23.6 Å². The first kappa shape index (κ1) is 16.5. The van der Waals surface area contributed by atoms with E-state index < -0.39 is 0 Å². The quantitative estimate of drug-likeness (QED) is 0.732. The lowest BCUT2D eigenvalue weighted by Gasteiger charge is -2.12. The molecule has 0 aliphatic rings. The third kappa shape index (κ3) is 5.51. The molecule has 0 radical (unpaired) electrons. The van der Waals surface area contributed by atoms with Crippen LogP contribution >= 0.6 is 0 Å². The normalized spacial score (nSPS) is 12.1. The molecule has 0 unspecified atom stereocenters. The molecule has 22 heavy (non-hydrogen) atoms. The molecule has 0 fully saturated rings. The molecular formula is C19H26NO2+. The summed E-state index contributed by atoms with van der Waals surface area (Å²) in [7, 11) is 0. The van der Waals surface area contributed by atoms with Gasteiger partial charge >= 0.3 is 0 Å². The van der Waals surface area contributed by atoms with Crippen LogP contribution in [0.4, 0.5) is 0 Å². The van der Waals surface area contributed by atoms with Crippen molar-refractivity contribution in [3.63, 3.8) is 0 Å². The van der Waals surface area contributed by atoms with E-state index in [-0.39, 0.29) is 6.10 Å². The molecule has 2 rings (SSSR count). The highest BCUT2D eigenvalue weighted by Crippen LogP contribution is 2.23. The maximum Gasteiger partial charge on any atom is 0.137 e. The van der Waals surface area contributed by atoms with E-state index in [1.165, 1.54) is 16.7 Å². The Balaban J connectivity index is 1.95. The number of benzene rings is 2. The lowest BCUT2D eigenvalue weighted by molar-refractivity contribution is -0.661. The van der Waals surface area contributed by atoms with Crippen LogP contribution < -0.4 is 10.1 Å². The van der Waals surface area contributed by atoms with Crippen LogP contribution in [0.3, 0.4) is 0 Å². The molecule has 0 aliphatic carbocycles. The Hall–Kier alpha value is -1.84. The summed E-state index contributed by atoms with van der Waals surface area (Å²) >= 11 is 0. The fourth-order valence-corrected chi connectivity index (χ4v) is 2.41. The lowest BCUT2D eigenvalue weighted by Crippen LogP contribution is -2.87. The number of nitrogens with two attached hydrogens (primary N) is 1. The highest BCUT2D eigenvalue weighted by atomic mass is 16.5. The largest absolute Gasteiger partial charge is 0.487 e. The number of ether oxygens (including phenoxy) is 1.